The Morgan fingerprint density at radius 3 is 2.35 bits per heavy atom. The summed E-state index contributed by atoms with van der Waals surface area (Å²) in [4.78, 5) is 19.1. The van der Waals surface area contributed by atoms with Gasteiger partial charge in [-0.1, -0.05) is 30.3 Å². The number of ether oxygens (including phenoxy) is 2. The first-order valence-electron chi connectivity index (χ1n) is 12.1. The van der Waals surface area contributed by atoms with Crippen molar-refractivity contribution in [1.29, 1.82) is 0 Å². The molecule has 1 aliphatic heterocycles. The number of benzene rings is 3. The Balaban J connectivity index is 1.04. The highest BCUT2D eigenvalue weighted by Crippen LogP contribution is 2.26. The van der Waals surface area contributed by atoms with E-state index in [1.165, 1.54) is 12.1 Å². The summed E-state index contributed by atoms with van der Waals surface area (Å²) in [5.74, 6) is 0.531. The number of hydrogen-bond donors (Lipinski definition) is 1. The van der Waals surface area contributed by atoms with E-state index in [-0.39, 0.29) is 16.9 Å². The fraction of sp³-hybridized carbons (Fsp3) is 0.259. The predicted molar refractivity (Wildman–Crippen MR) is 137 cm³/mol. The number of hydrogen-bond acceptors (Lipinski definition) is 8. The number of piperidine rings is 1. The fourth-order valence-corrected chi connectivity index (χ4v) is 5.25. The number of carbonyl (C=O) groups excluding carboxylic acids is 1. The minimum absolute atomic E-state index is 0.0868. The molecule has 0 saturated carbocycles. The van der Waals surface area contributed by atoms with E-state index in [0.717, 1.165) is 5.52 Å². The molecule has 192 valence electrons. The van der Waals surface area contributed by atoms with E-state index in [4.69, 9.17) is 13.9 Å². The van der Waals surface area contributed by atoms with Crippen molar-refractivity contribution < 1.29 is 27.1 Å². The van der Waals surface area contributed by atoms with Crippen LogP contribution in [-0.4, -0.2) is 50.5 Å². The molecule has 0 atom stereocenters. The predicted octanol–water partition coefficient (Wildman–Crippen LogP) is 4.22. The van der Waals surface area contributed by atoms with Gasteiger partial charge in [-0.15, -0.1) is 0 Å². The molecule has 0 radical (unpaired) electrons. The van der Waals surface area contributed by atoms with Crippen LogP contribution in [0, 0.1) is 5.92 Å². The van der Waals surface area contributed by atoms with E-state index >= 15 is 0 Å². The molecule has 5 rings (SSSR count). The average Bonchev–Trinajstić information content (AvgIpc) is 3.33. The summed E-state index contributed by atoms with van der Waals surface area (Å²) in [5.41, 5.74) is 1.40. The highest BCUT2D eigenvalue weighted by atomic mass is 32.2. The third-order valence-electron chi connectivity index (χ3n) is 6.23. The smallest absolute Gasteiger partial charge is 0.400 e. The van der Waals surface area contributed by atoms with Crippen LogP contribution in [0.15, 0.2) is 88.2 Å². The van der Waals surface area contributed by atoms with E-state index in [1.807, 2.05) is 36.4 Å². The first kappa shape index (κ1) is 24.8. The molecule has 1 fully saturated rings. The van der Waals surface area contributed by atoms with Crippen molar-refractivity contribution in [3.8, 4) is 17.6 Å². The van der Waals surface area contributed by atoms with Crippen molar-refractivity contribution in [2.45, 2.75) is 17.7 Å². The summed E-state index contributed by atoms with van der Waals surface area (Å²) in [6.07, 6.45) is 1.38. The van der Waals surface area contributed by atoms with Crippen LogP contribution in [0.25, 0.3) is 11.1 Å². The van der Waals surface area contributed by atoms with Crippen molar-refractivity contribution in [1.82, 2.24) is 14.6 Å². The van der Waals surface area contributed by atoms with Crippen LogP contribution in [0.2, 0.25) is 0 Å². The van der Waals surface area contributed by atoms with Crippen LogP contribution >= 0.6 is 0 Å². The van der Waals surface area contributed by atoms with Crippen molar-refractivity contribution in [2.75, 3.05) is 26.2 Å². The van der Waals surface area contributed by atoms with Crippen LogP contribution in [0.5, 0.6) is 17.6 Å². The number of carbonyl (C=O) groups is 1. The second-order valence-electron chi connectivity index (χ2n) is 8.77. The number of fused-ring (bicyclic) bond motifs is 1. The number of nitrogens with zero attached hydrogens (tertiary/aromatic N) is 2. The Morgan fingerprint density at radius 2 is 1.62 bits per heavy atom. The molecule has 1 amide bonds. The Bertz CT molecular complexity index is 1410. The number of sulfonamides is 1. The summed E-state index contributed by atoms with van der Waals surface area (Å²) in [6, 6.07) is 22.6. The first-order valence-corrected chi connectivity index (χ1v) is 13.5. The number of aromatic nitrogens is 1. The zero-order valence-corrected chi connectivity index (χ0v) is 20.9. The number of rotatable bonds is 9. The maximum atomic E-state index is 12.5. The van der Waals surface area contributed by atoms with Crippen molar-refractivity contribution >= 4 is 27.0 Å². The lowest BCUT2D eigenvalue weighted by Crippen LogP contribution is -2.43. The van der Waals surface area contributed by atoms with Gasteiger partial charge in [-0.3, -0.25) is 9.69 Å². The minimum Gasteiger partial charge on any atom is -0.492 e. The Hall–Kier alpha value is -3.89. The van der Waals surface area contributed by atoms with Crippen LogP contribution < -0.4 is 14.2 Å². The molecule has 37 heavy (non-hydrogen) atoms. The normalized spacial score (nSPS) is 14.9. The lowest BCUT2D eigenvalue weighted by molar-refractivity contribution is -0.124. The highest BCUT2D eigenvalue weighted by Gasteiger charge is 2.28. The second kappa shape index (κ2) is 11.0. The third-order valence-corrected chi connectivity index (χ3v) is 7.59. The van der Waals surface area contributed by atoms with E-state index in [9.17, 15) is 13.2 Å². The molecule has 2 heterocycles. The maximum Gasteiger partial charge on any atom is 0.400 e. The zero-order chi connectivity index (χ0) is 25.7. The summed E-state index contributed by atoms with van der Waals surface area (Å²) in [6.45, 7) is 2.59. The maximum absolute atomic E-state index is 12.5. The molecule has 0 aliphatic carbocycles. The summed E-state index contributed by atoms with van der Waals surface area (Å²) in [5, 5.41) is 0. The molecule has 0 unspecified atom stereocenters. The molecule has 10 heteroatoms. The molecule has 1 aliphatic rings. The number of nitrogens with one attached hydrogen (secondary N) is 1. The third kappa shape index (κ3) is 6.28. The quantitative estimate of drug-likeness (QED) is 0.349. The van der Waals surface area contributed by atoms with Crippen LogP contribution in [0.4, 0.5) is 0 Å². The van der Waals surface area contributed by atoms with E-state index in [2.05, 4.69) is 14.6 Å². The lowest BCUT2D eigenvalue weighted by Gasteiger charge is -2.31. The molecule has 1 N–H and O–H groups in total. The van der Waals surface area contributed by atoms with Gasteiger partial charge in [0.2, 0.25) is 5.91 Å². The fourth-order valence-electron chi connectivity index (χ4n) is 4.19. The van der Waals surface area contributed by atoms with E-state index in [1.54, 1.807) is 30.3 Å². The topological polar surface area (TPSA) is 111 Å². The first-order chi connectivity index (χ1) is 18.0. The molecule has 9 nitrogen and oxygen atoms in total. The van der Waals surface area contributed by atoms with Crippen molar-refractivity contribution in [3.63, 3.8) is 0 Å². The highest BCUT2D eigenvalue weighted by molar-refractivity contribution is 7.90. The summed E-state index contributed by atoms with van der Waals surface area (Å²) >= 11 is 0. The molecule has 0 spiro atoms. The summed E-state index contributed by atoms with van der Waals surface area (Å²) < 4.78 is 44.1. The Morgan fingerprint density at radius 1 is 0.946 bits per heavy atom. The number of oxazole rings is 1. The van der Waals surface area contributed by atoms with E-state index in [0.29, 0.717) is 56.2 Å². The second-order valence-corrected chi connectivity index (χ2v) is 10.5. The van der Waals surface area contributed by atoms with Gasteiger partial charge in [0.05, 0.1) is 4.90 Å². The van der Waals surface area contributed by atoms with Gasteiger partial charge in [-0.25, -0.2) is 13.1 Å². The zero-order valence-electron chi connectivity index (χ0n) is 20.1. The molecule has 4 aromatic rings. The Labute approximate surface area is 215 Å². The lowest BCUT2D eigenvalue weighted by atomic mass is 9.96. The van der Waals surface area contributed by atoms with Crippen molar-refractivity contribution in [2.24, 2.45) is 5.92 Å². The Kier molecular flexibility index (Phi) is 7.38. The summed E-state index contributed by atoms with van der Waals surface area (Å²) in [7, 11) is -3.85. The van der Waals surface area contributed by atoms with Gasteiger partial charge in [0.1, 0.15) is 23.6 Å². The molecular formula is C27H27N3O6S. The number of amides is 1. The number of likely N-dealkylation sites (tertiary alicyclic amines) is 1. The molecule has 0 bridgehead atoms. The van der Waals surface area contributed by atoms with E-state index < -0.39 is 15.9 Å². The molecular weight excluding hydrogens is 494 g/mol. The SMILES string of the molecule is O=C(NS(=O)(=O)c1ccccc1)C1CCN(CCOc2ccc(Oc3nc4ccccc4o3)cc2)CC1. The van der Waals surface area contributed by atoms with Crippen LogP contribution in [0.3, 0.4) is 0 Å². The van der Waals surface area contributed by atoms with Gasteiger partial charge in [-0.2, -0.15) is 4.98 Å². The van der Waals surface area contributed by atoms with Gasteiger partial charge in [0.25, 0.3) is 10.0 Å². The van der Waals surface area contributed by atoms with Gasteiger partial charge < -0.3 is 13.9 Å². The van der Waals surface area contributed by atoms with Gasteiger partial charge in [0.15, 0.2) is 5.58 Å². The minimum atomic E-state index is -3.85. The largest absolute Gasteiger partial charge is 0.492 e. The van der Waals surface area contributed by atoms with Crippen molar-refractivity contribution in [3.05, 3.63) is 78.9 Å². The van der Waals surface area contributed by atoms with Crippen LogP contribution in [-0.2, 0) is 14.8 Å². The monoisotopic (exact) mass is 521 g/mol. The molecule has 1 aromatic heterocycles. The molecule has 1 saturated heterocycles. The van der Waals surface area contributed by atoms with Crippen LogP contribution in [0.1, 0.15) is 12.8 Å². The van der Waals surface area contributed by atoms with Gasteiger partial charge in [-0.05, 0) is 74.5 Å². The average molecular weight is 522 g/mol. The van der Waals surface area contributed by atoms with Gasteiger partial charge in [0, 0.05) is 12.5 Å². The standard InChI is InChI=1S/C27H27N3O6S/c31-26(29-37(32,33)23-6-2-1-3-7-23)20-14-16-30(17-15-20)18-19-34-21-10-12-22(13-11-21)35-27-28-24-8-4-5-9-25(24)36-27/h1-13,20H,14-19H2,(H,29,31). The number of para-hydroxylation sites is 2. The molecule has 3 aromatic carbocycles. The van der Waals surface area contributed by atoms with Gasteiger partial charge >= 0.3 is 6.08 Å².